The van der Waals surface area contributed by atoms with E-state index in [0.29, 0.717) is 38.4 Å². The third kappa shape index (κ3) is 4.93. The molecule has 31 heavy (non-hydrogen) atoms. The van der Waals surface area contributed by atoms with Gasteiger partial charge in [0.15, 0.2) is 0 Å². The third-order valence-electron chi connectivity index (χ3n) is 6.15. The number of rotatable bonds is 7. The molecule has 1 aromatic heterocycles. The van der Waals surface area contributed by atoms with Crippen LogP contribution in [-0.4, -0.2) is 52.3 Å². The summed E-state index contributed by atoms with van der Waals surface area (Å²) in [5.74, 6) is 0.383. The Balaban J connectivity index is 1.56. The molecule has 2 aromatic rings. The molecule has 0 bridgehead atoms. The zero-order chi connectivity index (χ0) is 21.6. The predicted molar refractivity (Wildman–Crippen MR) is 122 cm³/mol. The van der Waals surface area contributed by atoms with E-state index in [1.54, 1.807) is 12.3 Å². The van der Waals surface area contributed by atoms with E-state index in [-0.39, 0.29) is 11.8 Å². The van der Waals surface area contributed by atoms with Crippen molar-refractivity contribution in [2.75, 3.05) is 19.6 Å². The number of carbonyl (C=O) groups is 2. The molecule has 2 heterocycles. The first-order chi connectivity index (χ1) is 15.2. The molecule has 5 nitrogen and oxygen atoms in total. The second kappa shape index (κ2) is 9.73. The largest absolute Gasteiger partial charge is 0.335 e. The van der Waals surface area contributed by atoms with Gasteiger partial charge in [0.25, 0.3) is 0 Å². The van der Waals surface area contributed by atoms with Gasteiger partial charge in [0.2, 0.25) is 11.8 Å². The molecule has 1 aliphatic carbocycles. The molecule has 1 aliphatic heterocycles. The van der Waals surface area contributed by atoms with E-state index in [0.717, 1.165) is 29.5 Å². The maximum Gasteiger partial charge on any atom is 0.246 e. The Bertz CT molecular complexity index is 970. The molecule has 1 aromatic carbocycles. The maximum absolute atomic E-state index is 13.3. The van der Waals surface area contributed by atoms with Crippen LogP contribution in [0.25, 0.3) is 11.1 Å². The molecule has 2 amide bonds. The fraction of sp³-hybridized carbons (Fsp3) is 0.346. The minimum Gasteiger partial charge on any atom is -0.335 e. The Morgan fingerprint density at radius 1 is 1.19 bits per heavy atom. The summed E-state index contributed by atoms with van der Waals surface area (Å²) < 4.78 is 0. The number of amides is 2. The van der Waals surface area contributed by atoms with Gasteiger partial charge in [-0.1, -0.05) is 48.6 Å². The van der Waals surface area contributed by atoms with Crippen LogP contribution in [0.15, 0.2) is 73.6 Å². The van der Waals surface area contributed by atoms with Gasteiger partial charge in [0.05, 0.1) is 0 Å². The maximum atomic E-state index is 13.3. The summed E-state index contributed by atoms with van der Waals surface area (Å²) in [4.78, 5) is 34.3. The molecule has 2 atom stereocenters. The minimum atomic E-state index is -0.476. The van der Waals surface area contributed by atoms with E-state index < -0.39 is 6.04 Å². The fourth-order valence-electron chi connectivity index (χ4n) is 4.51. The average Bonchev–Trinajstić information content (AvgIpc) is 3.30. The van der Waals surface area contributed by atoms with Crippen LogP contribution in [-0.2, 0) is 16.0 Å². The van der Waals surface area contributed by atoms with Gasteiger partial charge in [-0.15, -0.1) is 6.58 Å². The number of pyridine rings is 1. The van der Waals surface area contributed by atoms with Crippen molar-refractivity contribution < 1.29 is 9.59 Å². The predicted octanol–water partition coefficient (Wildman–Crippen LogP) is 3.87. The highest BCUT2D eigenvalue weighted by atomic mass is 16.2. The second-order valence-electron chi connectivity index (χ2n) is 8.29. The van der Waals surface area contributed by atoms with Crippen LogP contribution in [0.4, 0.5) is 0 Å². The van der Waals surface area contributed by atoms with E-state index in [1.807, 2.05) is 46.3 Å². The van der Waals surface area contributed by atoms with Crippen molar-refractivity contribution in [1.82, 2.24) is 14.8 Å². The molecule has 0 saturated carbocycles. The first-order valence-corrected chi connectivity index (χ1v) is 11.0. The Morgan fingerprint density at radius 3 is 2.81 bits per heavy atom. The van der Waals surface area contributed by atoms with Crippen molar-refractivity contribution in [3.63, 3.8) is 0 Å². The summed E-state index contributed by atoms with van der Waals surface area (Å²) in [7, 11) is 0. The molecule has 1 fully saturated rings. The van der Waals surface area contributed by atoms with E-state index >= 15 is 0 Å². The quantitative estimate of drug-likeness (QED) is 0.645. The molecule has 4 rings (SSSR count). The number of hydrogen-bond acceptors (Lipinski definition) is 3. The van der Waals surface area contributed by atoms with Crippen LogP contribution >= 0.6 is 0 Å². The summed E-state index contributed by atoms with van der Waals surface area (Å²) in [6.45, 7) is 5.42. The normalized spacial score (nSPS) is 20.8. The lowest BCUT2D eigenvalue weighted by molar-refractivity contribution is -0.151. The van der Waals surface area contributed by atoms with E-state index in [1.165, 1.54) is 0 Å². The lowest BCUT2D eigenvalue weighted by atomic mass is 9.96. The number of aromatic nitrogens is 1. The number of piperazine rings is 1. The Kier molecular flexibility index (Phi) is 6.60. The van der Waals surface area contributed by atoms with Crippen LogP contribution in [0.5, 0.6) is 0 Å². The molecule has 0 N–H and O–H groups in total. The summed E-state index contributed by atoms with van der Waals surface area (Å²) >= 11 is 0. The molecular weight excluding hydrogens is 386 g/mol. The SMILES string of the molecule is C=CCN1CCN(C(=O)C[C@@H]2C=CCC2)[C@H](Cc2cccc(-c3cccnc3)c2)C1=O. The molecule has 0 radical (unpaired) electrons. The van der Waals surface area contributed by atoms with Crippen LogP contribution in [0, 0.1) is 5.92 Å². The average molecular weight is 416 g/mol. The van der Waals surface area contributed by atoms with Gasteiger partial charge in [-0.2, -0.15) is 0 Å². The first kappa shape index (κ1) is 21.0. The second-order valence-corrected chi connectivity index (χ2v) is 8.29. The molecule has 0 spiro atoms. The lowest BCUT2D eigenvalue weighted by Gasteiger charge is -2.41. The lowest BCUT2D eigenvalue weighted by Crippen LogP contribution is -2.59. The van der Waals surface area contributed by atoms with Crippen molar-refractivity contribution in [3.05, 3.63) is 79.2 Å². The van der Waals surface area contributed by atoms with Crippen molar-refractivity contribution >= 4 is 11.8 Å². The molecule has 160 valence electrons. The Morgan fingerprint density at radius 2 is 2.06 bits per heavy atom. The van der Waals surface area contributed by atoms with Crippen molar-refractivity contribution in [1.29, 1.82) is 0 Å². The molecule has 5 heteroatoms. The minimum absolute atomic E-state index is 0.00763. The number of allylic oxidation sites excluding steroid dienone is 2. The van der Waals surface area contributed by atoms with Crippen LogP contribution in [0.1, 0.15) is 24.8 Å². The summed E-state index contributed by atoms with van der Waals surface area (Å²) in [5.41, 5.74) is 3.14. The Labute approximate surface area is 184 Å². The summed E-state index contributed by atoms with van der Waals surface area (Å²) in [5, 5.41) is 0. The third-order valence-corrected chi connectivity index (χ3v) is 6.15. The monoisotopic (exact) mass is 415 g/mol. The highest BCUT2D eigenvalue weighted by molar-refractivity contribution is 5.89. The van der Waals surface area contributed by atoms with Gasteiger partial charge < -0.3 is 9.80 Å². The highest BCUT2D eigenvalue weighted by Crippen LogP contribution is 2.25. The number of hydrogen-bond donors (Lipinski definition) is 0. The zero-order valence-corrected chi connectivity index (χ0v) is 17.8. The van der Waals surface area contributed by atoms with Crippen molar-refractivity contribution in [2.45, 2.75) is 31.7 Å². The van der Waals surface area contributed by atoms with Gasteiger partial charge in [0.1, 0.15) is 6.04 Å². The molecular formula is C26H29N3O2. The molecule has 1 saturated heterocycles. The van der Waals surface area contributed by atoms with Crippen LogP contribution in [0.3, 0.4) is 0 Å². The van der Waals surface area contributed by atoms with Crippen LogP contribution in [0.2, 0.25) is 0 Å². The number of nitrogens with zero attached hydrogens (tertiary/aromatic N) is 3. The number of benzene rings is 1. The fourth-order valence-corrected chi connectivity index (χ4v) is 4.51. The smallest absolute Gasteiger partial charge is 0.246 e. The van der Waals surface area contributed by atoms with Gasteiger partial charge in [-0.3, -0.25) is 14.6 Å². The van der Waals surface area contributed by atoms with Crippen LogP contribution < -0.4 is 0 Å². The van der Waals surface area contributed by atoms with E-state index in [4.69, 9.17) is 0 Å². The number of carbonyl (C=O) groups excluding carboxylic acids is 2. The molecule has 0 unspecified atom stereocenters. The summed E-state index contributed by atoms with van der Waals surface area (Å²) in [6, 6.07) is 11.6. The van der Waals surface area contributed by atoms with Gasteiger partial charge >= 0.3 is 0 Å². The summed E-state index contributed by atoms with van der Waals surface area (Å²) in [6.07, 6.45) is 12.7. The standard InChI is InChI=1S/C26H29N3O2/c1-2-13-28-14-15-29(25(30)18-20-7-3-4-8-20)24(26(28)31)17-21-9-5-10-22(16-21)23-11-6-12-27-19-23/h2-3,5-7,9-12,16,19-20,24H,1,4,8,13-15,17-18H2/t20-,24-/m1/s1. The Hall–Kier alpha value is -3.21. The topological polar surface area (TPSA) is 53.5 Å². The van der Waals surface area contributed by atoms with E-state index in [9.17, 15) is 9.59 Å². The highest BCUT2D eigenvalue weighted by Gasteiger charge is 2.37. The van der Waals surface area contributed by atoms with Gasteiger partial charge in [0, 0.05) is 44.9 Å². The zero-order valence-electron chi connectivity index (χ0n) is 17.8. The van der Waals surface area contributed by atoms with E-state index in [2.05, 4.69) is 29.8 Å². The van der Waals surface area contributed by atoms with Gasteiger partial charge in [-0.05, 0) is 41.5 Å². The van der Waals surface area contributed by atoms with Gasteiger partial charge in [-0.25, -0.2) is 0 Å². The van der Waals surface area contributed by atoms with Crippen molar-refractivity contribution in [2.24, 2.45) is 5.92 Å². The first-order valence-electron chi connectivity index (χ1n) is 11.0. The molecule has 2 aliphatic rings. The van der Waals surface area contributed by atoms with Crippen molar-refractivity contribution in [3.8, 4) is 11.1 Å².